The molecule has 3 saturated carbocycles. The normalized spacial score (nSPS) is 43.3. The van der Waals surface area contributed by atoms with Gasteiger partial charge in [-0.2, -0.15) is 0 Å². The largest absolute Gasteiger partial charge is 0.509 e. The first-order valence-electron chi connectivity index (χ1n) is 10.3. The van der Waals surface area contributed by atoms with Crippen molar-refractivity contribution in [2.24, 2.45) is 28.6 Å². The molecule has 0 heterocycles. The number of rotatable bonds is 2. The average Bonchev–Trinajstić information content (AvgIpc) is 2.96. The Morgan fingerprint density at radius 3 is 2.45 bits per heavy atom. The number of carboxylic acids is 1. The van der Waals surface area contributed by atoms with Crippen molar-refractivity contribution in [3.63, 3.8) is 0 Å². The first kappa shape index (κ1) is 20.0. The molecule has 3 fully saturated rings. The number of hydrogen-bond acceptors (Lipinski definition) is 6. The number of aliphatic carboxylic acids is 1. The van der Waals surface area contributed by atoms with E-state index in [2.05, 4.69) is 4.74 Å². The van der Waals surface area contributed by atoms with E-state index < -0.39 is 28.6 Å². The Kier molecular flexibility index (Phi) is 4.37. The van der Waals surface area contributed by atoms with E-state index in [1.165, 1.54) is 13.2 Å². The van der Waals surface area contributed by atoms with E-state index in [-0.39, 0.29) is 35.7 Å². The standard InChI is InChI=1S/C22H28O7/c1-20-8-6-16-14(5-4-12-10-13(23)11-17(24)21(12,16)2)15(20)7-9-22(20,18(25)26)29-19(27)28-3/h10-11,14-16,23H,4-9H2,1-3H3,(H,25,26)/t14-,15-,16-,20-,21-,22-/m0/s1. The molecule has 0 radical (unpaired) electrons. The molecule has 0 aliphatic heterocycles. The van der Waals surface area contributed by atoms with Gasteiger partial charge in [-0.1, -0.05) is 12.5 Å². The molecule has 4 rings (SSSR count). The Balaban J connectivity index is 1.71. The van der Waals surface area contributed by atoms with Crippen molar-refractivity contribution < 1.29 is 34.1 Å². The van der Waals surface area contributed by atoms with Crippen molar-refractivity contribution in [1.29, 1.82) is 0 Å². The SMILES string of the molecule is COC(=O)O[C@]1(C(=O)O)CC[C@H]2[C@@H]3CCC4=CC(O)=CC(=O)[C@]4(C)[C@H]3CC[C@@]21C. The molecule has 0 aromatic heterocycles. The van der Waals surface area contributed by atoms with E-state index in [1.807, 2.05) is 13.8 Å². The van der Waals surface area contributed by atoms with Crippen molar-refractivity contribution in [1.82, 2.24) is 0 Å². The number of carboxylic acid groups (broad SMARTS) is 1. The number of ether oxygens (including phenoxy) is 2. The highest BCUT2D eigenvalue weighted by Crippen LogP contribution is 2.67. The second kappa shape index (κ2) is 6.34. The number of aliphatic hydroxyl groups is 1. The smallest absolute Gasteiger partial charge is 0.508 e. The van der Waals surface area contributed by atoms with Crippen LogP contribution in [0.25, 0.3) is 0 Å². The fourth-order valence-electron chi connectivity index (χ4n) is 7.04. The maximum Gasteiger partial charge on any atom is 0.509 e. The van der Waals surface area contributed by atoms with Crippen LogP contribution in [0.5, 0.6) is 0 Å². The van der Waals surface area contributed by atoms with Gasteiger partial charge in [-0.15, -0.1) is 0 Å². The van der Waals surface area contributed by atoms with Crippen molar-refractivity contribution >= 4 is 17.9 Å². The van der Waals surface area contributed by atoms with Gasteiger partial charge in [0.2, 0.25) is 5.60 Å². The Morgan fingerprint density at radius 2 is 1.79 bits per heavy atom. The maximum absolute atomic E-state index is 13.0. The Morgan fingerprint density at radius 1 is 1.10 bits per heavy atom. The lowest BCUT2D eigenvalue weighted by molar-refractivity contribution is -0.185. The molecule has 29 heavy (non-hydrogen) atoms. The quantitative estimate of drug-likeness (QED) is 0.674. The van der Waals surface area contributed by atoms with Crippen LogP contribution in [0.1, 0.15) is 52.4 Å². The molecular formula is C22H28O7. The maximum atomic E-state index is 13.0. The minimum absolute atomic E-state index is 0.0128. The van der Waals surface area contributed by atoms with Gasteiger partial charge < -0.3 is 19.7 Å². The lowest BCUT2D eigenvalue weighted by Crippen LogP contribution is -2.59. The Bertz CT molecular complexity index is 842. The first-order valence-corrected chi connectivity index (χ1v) is 10.3. The van der Waals surface area contributed by atoms with Crippen LogP contribution in [0.2, 0.25) is 0 Å². The van der Waals surface area contributed by atoms with E-state index >= 15 is 0 Å². The van der Waals surface area contributed by atoms with Gasteiger partial charge in [-0.05, 0) is 69.3 Å². The predicted molar refractivity (Wildman–Crippen MR) is 102 cm³/mol. The fourth-order valence-corrected chi connectivity index (χ4v) is 7.04. The van der Waals surface area contributed by atoms with Crippen LogP contribution in [0.4, 0.5) is 4.79 Å². The van der Waals surface area contributed by atoms with Crippen molar-refractivity contribution in [3.05, 3.63) is 23.5 Å². The Hall–Kier alpha value is -2.31. The monoisotopic (exact) mass is 404 g/mol. The highest BCUT2D eigenvalue weighted by atomic mass is 16.7. The number of hydrogen-bond donors (Lipinski definition) is 2. The zero-order chi connectivity index (χ0) is 21.2. The zero-order valence-electron chi connectivity index (χ0n) is 17.1. The minimum Gasteiger partial charge on any atom is -0.508 e. The summed E-state index contributed by atoms with van der Waals surface area (Å²) in [4.78, 5) is 37.2. The van der Waals surface area contributed by atoms with Crippen molar-refractivity contribution in [3.8, 4) is 0 Å². The molecule has 4 aliphatic rings. The van der Waals surface area contributed by atoms with Crippen LogP contribution in [0.3, 0.4) is 0 Å². The molecule has 2 N–H and O–H groups in total. The third-order valence-corrected chi connectivity index (χ3v) is 8.59. The predicted octanol–water partition coefficient (Wildman–Crippen LogP) is 3.79. The highest BCUT2D eigenvalue weighted by molar-refractivity contribution is 5.99. The van der Waals surface area contributed by atoms with Crippen LogP contribution in [-0.4, -0.2) is 40.8 Å². The van der Waals surface area contributed by atoms with Gasteiger partial charge in [0.15, 0.2) is 5.78 Å². The second-order valence-electron chi connectivity index (χ2n) is 9.40. The zero-order valence-corrected chi connectivity index (χ0v) is 17.1. The third-order valence-electron chi connectivity index (χ3n) is 8.59. The van der Waals surface area contributed by atoms with Crippen LogP contribution in [0, 0.1) is 28.6 Å². The number of fused-ring (bicyclic) bond motifs is 5. The van der Waals surface area contributed by atoms with E-state index in [9.17, 15) is 24.6 Å². The van der Waals surface area contributed by atoms with Crippen molar-refractivity contribution in [2.45, 2.75) is 58.0 Å². The van der Waals surface area contributed by atoms with Crippen LogP contribution in [0.15, 0.2) is 23.5 Å². The lowest BCUT2D eigenvalue weighted by Gasteiger charge is -2.57. The van der Waals surface area contributed by atoms with Crippen LogP contribution >= 0.6 is 0 Å². The summed E-state index contributed by atoms with van der Waals surface area (Å²) < 4.78 is 10.1. The third kappa shape index (κ3) is 2.45. The molecule has 158 valence electrons. The summed E-state index contributed by atoms with van der Waals surface area (Å²) in [6.45, 7) is 3.88. The minimum atomic E-state index is -1.61. The summed E-state index contributed by atoms with van der Waals surface area (Å²) in [5, 5.41) is 20.0. The summed E-state index contributed by atoms with van der Waals surface area (Å²) >= 11 is 0. The molecule has 6 atom stereocenters. The van der Waals surface area contributed by atoms with E-state index in [4.69, 9.17) is 4.74 Å². The van der Waals surface area contributed by atoms with Crippen LogP contribution in [-0.2, 0) is 19.1 Å². The number of ketones is 1. The molecule has 0 spiro atoms. The van der Waals surface area contributed by atoms with E-state index in [0.29, 0.717) is 25.7 Å². The van der Waals surface area contributed by atoms with E-state index in [1.54, 1.807) is 6.08 Å². The molecule has 7 heteroatoms. The number of aliphatic hydroxyl groups excluding tert-OH is 1. The molecule has 0 amide bonds. The second-order valence-corrected chi connectivity index (χ2v) is 9.40. The molecular weight excluding hydrogens is 376 g/mol. The molecule has 0 unspecified atom stereocenters. The summed E-state index contributed by atoms with van der Waals surface area (Å²) in [6.07, 6.45) is 5.70. The molecule has 0 aromatic carbocycles. The summed E-state index contributed by atoms with van der Waals surface area (Å²) in [6, 6.07) is 0. The van der Waals surface area contributed by atoms with Gasteiger partial charge in [0.1, 0.15) is 5.76 Å². The molecule has 0 aromatic rings. The summed E-state index contributed by atoms with van der Waals surface area (Å²) in [5.41, 5.74) is -2.02. The van der Waals surface area contributed by atoms with Crippen molar-refractivity contribution in [2.75, 3.05) is 7.11 Å². The van der Waals surface area contributed by atoms with Gasteiger partial charge in [0, 0.05) is 11.5 Å². The molecule has 0 saturated heterocycles. The topological polar surface area (TPSA) is 110 Å². The highest BCUT2D eigenvalue weighted by Gasteiger charge is 2.70. The average molecular weight is 404 g/mol. The number of carbonyl (C=O) groups is 3. The lowest BCUT2D eigenvalue weighted by atomic mass is 9.46. The summed E-state index contributed by atoms with van der Waals surface area (Å²) in [7, 11) is 1.18. The number of allylic oxidation sites excluding steroid dienone is 3. The van der Waals surface area contributed by atoms with Gasteiger partial charge in [-0.25, -0.2) is 9.59 Å². The fraction of sp³-hybridized carbons (Fsp3) is 0.682. The van der Waals surface area contributed by atoms with Gasteiger partial charge >= 0.3 is 12.1 Å². The molecule has 4 aliphatic carbocycles. The molecule has 0 bridgehead atoms. The number of methoxy groups -OCH3 is 1. The van der Waals surface area contributed by atoms with Gasteiger partial charge in [-0.3, -0.25) is 4.79 Å². The Labute approximate surface area is 169 Å². The first-order chi connectivity index (χ1) is 13.6. The van der Waals surface area contributed by atoms with E-state index in [0.717, 1.165) is 12.0 Å². The number of carbonyl (C=O) groups excluding carboxylic acids is 2. The van der Waals surface area contributed by atoms with Gasteiger partial charge in [0.05, 0.1) is 12.5 Å². The van der Waals surface area contributed by atoms with Gasteiger partial charge in [0.25, 0.3) is 0 Å². The molecule has 7 nitrogen and oxygen atoms in total. The van der Waals surface area contributed by atoms with Crippen LogP contribution < -0.4 is 0 Å². The summed E-state index contributed by atoms with van der Waals surface area (Å²) in [5.74, 6) is -0.905.